The quantitative estimate of drug-likeness (QED) is 0.782. The van der Waals surface area contributed by atoms with Crippen molar-refractivity contribution in [2.24, 2.45) is 0 Å². The molecule has 0 aliphatic carbocycles. The smallest absolute Gasteiger partial charge is 0.449 e. The maximum absolute atomic E-state index is 12.0. The van der Waals surface area contributed by atoms with Crippen LogP contribution in [-0.2, 0) is 17.4 Å². The minimum atomic E-state index is -4.63. The van der Waals surface area contributed by atoms with Crippen molar-refractivity contribution in [3.8, 4) is 0 Å². The van der Waals surface area contributed by atoms with E-state index in [1.54, 1.807) is 0 Å². The molecule has 0 aliphatic rings. The number of furan rings is 1. The van der Waals surface area contributed by atoms with E-state index in [1.807, 2.05) is 0 Å². The van der Waals surface area contributed by atoms with Crippen molar-refractivity contribution in [2.45, 2.75) is 12.6 Å². The number of halogens is 3. The Kier molecular flexibility index (Phi) is 2.31. The highest BCUT2D eigenvalue weighted by Gasteiger charge is 2.37. The molecule has 0 radical (unpaired) electrons. The molecule has 0 saturated heterocycles. The van der Waals surface area contributed by atoms with Gasteiger partial charge in [0.2, 0.25) is 5.76 Å². The average Bonchev–Trinajstić information content (AvgIpc) is 2.31. The van der Waals surface area contributed by atoms with Crippen LogP contribution in [0.3, 0.4) is 0 Å². The lowest BCUT2D eigenvalue weighted by atomic mass is 10.2. The van der Waals surface area contributed by atoms with E-state index in [9.17, 15) is 18.0 Å². The lowest BCUT2D eigenvalue weighted by Gasteiger charge is -2.03. The van der Waals surface area contributed by atoms with Crippen molar-refractivity contribution in [2.75, 3.05) is 0 Å². The van der Waals surface area contributed by atoms with Gasteiger partial charge in [0.25, 0.3) is 0 Å². The summed E-state index contributed by atoms with van der Waals surface area (Å²) in [7, 11) is 0. The largest absolute Gasteiger partial charge is 0.481 e. The number of aliphatic carboxylic acids is 1. The Morgan fingerprint density at radius 1 is 1.54 bits per heavy atom. The summed E-state index contributed by atoms with van der Waals surface area (Å²) >= 11 is 0. The van der Waals surface area contributed by atoms with E-state index in [0.717, 1.165) is 12.3 Å². The zero-order chi connectivity index (χ0) is 10.1. The molecule has 1 N–H and O–H groups in total. The van der Waals surface area contributed by atoms with Crippen molar-refractivity contribution < 1.29 is 27.5 Å². The van der Waals surface area contributed by atoms with E-state index >= 15 is 0 Å². The van der Waals surface area contributed by atoms with Crippen molar-refractivity contribution in [3.63, 3.8) is 0 Å². The Labute approximate surface area is 70.8 Å². The lowest BCUT2D eigenvalue weighted by molar-refractivity contribution is -0.154. The van der Waals surface area contributed by atoms with Gasteiger partial charge < -0.3 is 9.52 Å². The molecule has 1 rings (SSSR count). The van der Waals surface area contributed by atoms with E-state index < -0.39 is 24.3 Å². The van der Waals surface area contributed by atoms with Crippen LogP contribution in [0.1, 0.15) is 11.3 Å². The van der Waals surface area contributed by atoms with Gasteiger partial charge in [0.1, 0.15) is 0 Å². The molecule has 0 atom stereocenters. The molecule has 1 aromatic rings. The highest BCUT2D eigenvalue weighted by atomic mass is 19.4. The maximum Gasteiger partial charge on any atom is 0.449 e. The number of rotatable bonds is 2. The molecule has 0 fully saturated rings. The lowest BCUT2D eigenvalue weighted by Crippen LogP contribution is -2.09. The number of carboxylic acids is 1. The number of hydrogen-bond donors (Lipinski definition) is 1. The zero-order valence-electron chi connectivity index (χ0n) is 6.26. The Balaban J connectivity index is 2.96. The van der Waals surface area contributed by atoms with Crippen LogP contribution in [0.25, 0.3) is 0 Å². The molecule has 0 saturated carbocycles. The first-order valence-corrected chi connectivity index (χ1v) is 3.26. The number of carboxylic acid groups (broad SMARTS) is 1. The molecule has 0 bridgehead atoms. The monoisotopic (exact) mass is 194 g/mol. The van der Waals surface area contributed by atoms with Gasteiger partial charge in [0.15, 0.2) is 0 Å². The minimum Gasteiger partial charge on any atom is -0.481 e. The predicted octanol–water partition coefficient (Wildman–Crippen LogP) is 1.93. The summed E-state index contributed by atoms with van der Waals surface area (Å²) in [5.41, 5.74) is -0.361. The first-order chi connectivity index (χ1) is 5.91. The van der Waals surface area contributed by atoms with Crippen LogP contribution in [0, 0.1) is 0 Å². The third kappa shape index (κ3) is 2.24. The maximum atomic E-state index is 12.0. The predicted molar refractivity (Wildman–Crippen MR) is 35.0 cm³/mol. The van der Waals surface area contributed by atoms with E-state index in [1.165, 1.54) is 0 Å². The topological polar surface area (TPSA) is 50.4 Å². The number of hydrogen-bond acceptors (Lipinski definition) is 2. The standard InChI is InChI=1S/C7H5F3O3/c8-7(9,10)6-4(1-2-13-6)3-5(11)12/h1-2H,3H2,(H,11,12). The van der Waals surface area contributed by atoms with Crippen LogP contribution in [0.2, 0.25) is 0 Å². The summed E-state index contributed by atoms with van der Waals surface area (Å²) in [5.74, 6) is -2.57. The van der Waals surface area contributed by atoms with Crippen molar-refractivity contribution in [3.05, 3.63) is 23.7 Å². The van der Waals surface area contributed by atoms with Gasteiger partial charge in [0, 0.05) is 5.56 Å². The third-order valence-electron chi connectivity index (χ3n) is 1.35. The van der Waals surface area contributed by atoms with Gasteiger partial charge in [-0.05, 0) is 6.07 Å². The van der Waals surface area contributed by atoms with Crippen LogP contribution < -0.4 is 0 Å². The van der Waals surface area contributed by atoms with Crippen molar-refractivity contribution in [1.82, 2.24) is 0 Å². The van der Waals surface area contributed by atoms with Gasteiger partial charge in [-0.3, -0.25) is 4.79 Å². The highest BCUT2D eigenvalue weighted by molar-refractivity contribution is 5.70. The fourth-order valence-electron chi connectivity index (χ4n) is 0.887. The summed E-state index contributed by atoms with van der Waals surface area (Å²) in [5, 5.41) is 8.27. The molecule has 1 heterocycles. The normalized spacial score (nSPS) is 11.6. The van der Waals surface area contributed by atoms with Gasteiger partial charge in [-0.1, -0.05) is 0 Å². The second kappa shape index (κ2) is 3.12. The average molecular weight is 194 g/mol. The molecule has 72 valence electrons. The van der Waals surface area contributed by atoms with Crippen molar-refractivity contribution in [1.29, 1.82) is 0 Å². The number of alkyl halides is 3. The van der Waals surface area contributed by atoms with Crippen LogP contribution in [0.15, 0.2) is 16.7 Å². The fourth-order valence-corrected chi connectivity index (χ4v) is 0.887. The van der Waals surface area contributed by atoms with Gasteiger partial charge in [0.05, 0.1) is 12.7 Å². The first-order valence-electron chi connectivity index (χ1n) is 3.26. The second-order valence-corrected chi connectivity index (χ2v) is 2.34. The summed E-state index contributed by atoms with van der Waals surface area (Å²) in [6.07, 6.45) is -4.50. The first kappa shape index (κ1) is 9.63. The molecular formula is C7H5F3O3. The van der Waals surface area contributed by atoms with Crippen molar-refractivity contribution >= 4 is 5.97 Å². The van der Waals surface area contributed by atoms with Crippen LogP contribution in [-0.4, -0.2) is 11.1 Å². The van der Waals surface area contributed by atoms with E-state index in [0.29, 0.717) is 0 Å². The molecule has 0 amide bonds. The highest BCUT2D eigenvalue weighted by Crippen LogP contribution is 2.32. The SMILES string of the molecule is O=C(O)Cc1ccoc1C(F)(F)F. The van der Waals surface area contributed by atoms with Crippen LogP contribution in [0.5, 0.6) is 0 Å². The van der Waals surface area contributed by atoms with E-state index in [2.05, 4.69) is 4.42 Å². The Hall–Kier alpha value is -1.46. The van der Waals surface area contributed by atoms with Gasteiger partial charge in [-0.2, -0.15) is 13.2 Å². The van der Waals surface area contributed by atoms with Gasteiger partial charge in [-0.15, -0.1) is 0 Å². The van der Waals surface area contributed by atoms with Gasteiger partial charge >= 0.3 is 12.1 Å². The van der Waals surface area contributed by atoms with E-state index in [-0.39, 0.29) is 5.56 Å². The summed E-state index contributed by atoms with van der Waals surface area (Å²) in [6.45, 7) is 0. The fraction of sp³-hybridized carbons (Fsp3) is 0.286. The molecule has 0 unspecified atom stereocenters. The molecule has 0 aromatic carbocycles. The van der Waals surface area contributed by atoms with Crippen LogP contribution in [0.4, 0.5) is 13.2 Å². The molecular weight excluding hydrogens is 189 g/mol. The van der Waals surface area contributed by atoms with Crippen LogP contribution >= 0.6 is 0 Å². The molecule has 0 spiro atoms. The number of carbonyl (C=O) groups is 1. The summed E-state index contributed by atoms with van der Waals surface area (Å²) in [4.78, 5) is 10.1. The molecule has 1 aromatic heterocycles. The second-order valence-electron chi connectivity index (χ2n) is 2.34. The minimum absolute atomic E-state index is 0.361. The van der Waals surface area contributed by atoms with Gasteiger partial charge in [-0.25, -0.2) is 0 Å². The summed E-state index contributed by atoms with van der Waals surface area (Å²) in [6, 6.07) is 0.997. The Morgan fingerprint density at radius 2 is 2.15 bits per heavy atom. The Morgan fingerprint density at radius 3 is 2.62 bits per heavy atom. The molecule has 6 heteroatoms. The molecule has 3 nitrogen and oxygen atoms in total. The zero-order valence-corrected chi connectivity index (χ0v) is 6.26. The molecule has 13 heavy (non-hydrogen) atoms. The van der Waals surface area contributed by atoms with E-state index in [4.69, 9.17) is 5.11 Å². The Bertz CT molecular complexity index is 313. The summed E-state index contributed by atoms with van der Waals surface area (Å²) < 4.78 is 40.3. The third-order valence-corrected chi connectivity index (χ3v) is 1.35. The molecule has 0 aliphatic heterocycles.